The Hall–Kier alpha value is -3.22. The van der Waals surface area contributed by atoms with Crippen molar-refractivity contribution in [3.05, 3.63) is 58.9 Å². The smallest absolute Gasteiger partial charge is 0.254 e. The summed E-state index contributed by atoms with van der Waals surface area (Å²) in [5.74, 6) is 1.36. The van der Waals surface area contributed by atoms with Crippen molar-refractivity contribution >= 4 is 11.7 Å². The van der Waals surface area contributed by atoms with Crippen LogP contribution < -0.4 is 5.73 Å². The Labute approximate surface area is 158 Å². The molecule has 0 unspecified atom stereocenters. The van der Waals surface area contributed by atoms with Crippen molar-refractivity contribution in [1.29, 1.82) is 0 Å². The van der Waals surface area contributed by atoms with E-state index in [1.165, 1.54) is 0 Å². The molecule has 3 rings (SSSR count). The van der Waals surface area contributed by atoms with Gasteiger partial charge in [-0.15, -0.1) is 10.2 Å². The van der Waals surface area contributed by atoms with Gasteiger partial charge >= 0.3 is 0 Å². The summed E-state index contributed by atoms with van der Waals surface area (Å²) in [6.07, 6.45) is 0.668. The third-order valence-electron chi connectivity index (χ3n) is 4.35. The van der Waals surface area contributed by atoms with Crippen molar-refractivity contribution in [2.75, 3.05) is 12.8 Å². The molecular weight excluding hydrogens is 342 g/mol. The van der Waals surface area contributed by atoms with Crippen molar-refractivity contribution in [2.24, 2.45) is 0 Å². The molecule has 2 N–H and O–H groups in total. The molecule has 3 aromatic rings. The minimum absolute atomic E-state index is 0.119. The minimum Gasteiger partial charge on any atom is -0.423 e. The fraction of sp³-hybridized carbons (Fsp3) is 0.300. The van der Waals surface area contributed by atoms with Crippen LogP contribution in [0.4, 0.5) is 5.82 Å². The van der Waals surface area contributed by atoms with Gasteiger partial charge in [-0.2, -0.15) is 0 Å². The standard InChI is InChI=1S/C20H23N5O2/c1-5-17-23-24-18(27-17)11-25(4)20(26)15-8-6-7-14(10-15)19-12(2)9-16(21)22-13(19)3/h6-10H,5,11H2,1-4H3,(H2,21,22). The second-order valence-electron chi connectivity index (χ2n) is 6.51. The average molecular weight is 365 g/mol. The van der Waals surface area contributed by atoms with Gasteiger partial charge in [0.15, 0.2) is 0 Å². The lowest BCUT2D eigenvalue weighted by atomic mass is 9.97. The van der Waals surface area contributed by atoms with Gasteiger partial charge in [0, 0.05) is 30.3 Å². The monoisotopic (exact) mass is 365 g/mol. The number of carbonyl (C=O) groups is 1. The van der Waals surface area contributed by atoms with Crippen LogP contribution in [0.25, 0.3) is 11.1 Å². The summed E-state index contributed by atoms with van der Waals surface area (Å²) in [7, 11) is 1.71. The normalized spacial score (nSPS) is 10.8. The first-order valence-corrected chi connectivity index (χ1v) is 8.80. The zero-order valence-corrected chi connectivity index (χ0v) is 16.0. The van der Waals surface area contributed by atoms with Crippen LogP contribution in [0.3, 0.4) is 0 Å². The van der Waals surface area contributed by atoms with E-state index < -0.39 is 0 Å². The molecule has 2 aromatic heterocycles. The Morgan fingerprint density at radius 3 is 2.59 bits per heavy atom. The molecule has 0 saturated carbocycles. The maximum atomic E-state index is 12.8. The second-order valence-corrected chi connectivity index (χ2v) is 6.51. The molecule has 0 atom stereocenters. The van der Waals surface area contributed by atoms with Crippen LogP contribution in [-0.4, -0.2) is 33.0 Å². The number of hydrogen-bond donors (Lipinski definition) is 1. The summed E-state index contributed by atoms with van der Waals surface area (Å²) in [4.78, 5) is 18.7. The van der Waals surface area contributed by atoms with Gasteiger partial charge in [0.1, 0.15) is 5.82 Å². The maximum absolute atomic E-state index is 12.8. The highest BCUT2D eigenvalue weighted by atomic mass is 16.4. The van der Waals surface area contributed by atoms with E-state index >= 15 is 0 Å². The molecule has 1 aromatic carbocycles. The van der Waals surface area contributed by atoms with Crippen LogP contribution in [0.15, 0.2) is 34.7 Å². The van der Waals surface area contributed by atoms with Gasteiger partial charge in [-0.3, -0.25) is 4.79 Å². The number of nitrogen functional groups attached to an aromatic ring is 1. The van der Waals surface area contributed by atoms with Gasteiger partial charge in [-0.05, 0) is 43.2 Å². The number of nitrogens with two attached hydrogens (primary N) is 1. The van der Waals surface area contributed by atoms with E-state index in [1.54, 1.807) is 18.0 Å². The number of carbonyl (C=O) groups excluding carboxylic acids is 1. The third kappa shape index (κ3) is 3.97. The Kier molecular flexibility index (Phi) is 5.21. The zero-order valence-electron chi connectivity index (χ0n) is 16.0. The predicted molar refractivity (Wildman–Crippen MR) is 103 cm³/mol. The molecule has 0 fully saturated rings. The van der Waals surface area contributed by atoms with Crippen molar-refractivity contribution in [2.45, 2.75) is 33.7 Å². The molecule has 1 amide bonds. The zero-order chi connectivity index (χ0) is 19.6. The predicted octanol–water partition coefficient (Wildman–Crippen LogP) is 3.17. The van der Waals surface area contributed by atoms with E-state index in [1.807, 2.05) is 45.0 Å². The van der Waals surface area contributed by atoms with Gasteiger partial charge in [0.25, 0.3) is 5.91 Å². The quantitative estimate of drug-likeness (QED) is 0.746. The van der Waals surface area contributed by atoms with Crippen molar-refractivity contribution in [3.63, 3.8) is 0 Å². The number of anilines is 1. The summed E-state index contributed by atoms with van der Waals surface area (Å²) in [5, 5.41) is 7.90. The fourth-order valence-corrected chi connectivity index (χ4v) is 3.10. The van der Waals surface area contributed by atoms with Crippen molar-refractivity contribution in [1.82, 2.24) is 20.1 Å². The fourth-order valence-electron chi connectivity index (χ4n) is 3.10. The number of rotatable bonds is 5. The van der Waals surface area contributed by atoms with E-state index in [-0.39, 0.29) is 12.5 Å². The first-order valence-electron chi connectivity index (χ1n) is 8.80. The largest absolute Gasteiger partial charge is 0.423 e. The van der Waals surface area contributed by atoms with Gasteiger partial charge in [-0.25, -0.2) is 4.98 Å². The van der Waals surface area contributed by atoms with Crippen LogP contribution in [0.5, 0.6) is 0 Å². The number of pyridine rings is 1. The minimum atomic E-state index is -0.119. The lowest BCUT2D eigenvalue weighted by Crippen LogP contribution is -2.26. The molecule has 7 nitrogen and oxygen atoms in total. The molecule has 0 bridgehead atoms. The Morgan fingerprint density at radius 1 is 1.19 bits per heavy atom. The van der Waals surface area contributed by atoms with Crippen LogP contribution >= 0.6 is 0 Å². The molecule has 0 aliphatic carbocycles. The molecule has 2 heterocycles. The van der Waals surface area contributed by atoms with E-state index in [9.17, 15) is 4.79 Å². The summed E-state index contributed by atoms with van der Waals surface area (Å²) >= 11 is 0. The van der Waals surface area contributed by atoms with Crippen molar-refractivity contribution in [3.8, 4) is 11.1 Å². The Bertz CT molecular complexity index is 957. The number of hydrogen-bond acceptors (Lipinski definition) is 6. The Balaban J connectivity index is 1.85. The molecule has 0 spiro atoms. The van der Waals surface area contributed by atoms with Gasteiger partial charge in [0.05, 0.1) is 6.54 Å². The first kappa shape index (κ1) is 18.6. The summed E-state index contributed by atoms with van der Waals surface area (Å²) in [6, 6.07) is 9.34. The van der Waals surface area contributed by atoms with Crippen molar-refractivity contribution < 1.29 is 9.21 Å². The molecule has 140 valence electrons. The molecule has 0 radical (unpaired) electrons. The second kappa shape index (κ2) is 7.57. The lowest BCUT2D eigenvalue weighted by molar-refractivity contribution is 0.0772. The first-order chi connectivity index (χ1) is 12.9. The number of aromatic nitrogens is 3. The number of benzene rings is 1. The summed E-state index contributed by atoms with van der Waals surface area (Å²) < 4.78 is 5.49. The van der Waals surface area contributed by atoms with E-state index in [2.05, 4.69) is 15.2 Å². The van der Waals surface area contributed by atoms with E-state index in [0.29, 0.717) is 29.6 Å². The lowest BCUT2D eigenvalue weighted by Gasteiger charge is -2.16. The number of amides is 1. The van der Waals surface area contributed by atoms with Gasteiger partial charge in [-0.1, -0.05) is 19.1 Å². The molecule has 27 heavy (non-hydrogen) atoms. The SMILES string of the molecule is CCc1nnc(CN(C)C(=O)c2cccc(-c3c(C)cc(N)nc3C)c2)o1. The molecule has 7 heteroatoms. The third-order valence-corrected chi connectivity index (χ3v) is 4.35. The highest BCUT2D eigenvalue weighted by Crippen LogP contribution is 2.28. The van der Waals surface area contributed by atoms with E-state index in [4.69, 9.17) is 10.2 Å². The molecule has 0 aliphatic heterocycles. The highest BCUT2D eigenvalue weighted by molar-refractivity contribution is 5.95. The molecule has 0 aliphatic rings. The van der Waals surface area contributed by atoms with Crippen LogP contribution in [0.2, 0.25) is 0 Å². The molecular formula is C20H23N5O2. The topological polar surface area (TPSA) is 98.1 Å². The average Bonchev–Trinajstić information content (AvgIpc) is 3.08. The molecule has 0 saturated heterocycles. The summed E-state index contributed by atoms with van der Waals surface area (Å²) in [6.45, 7) is 6.10. The maximum Gasteiger partial charge on any atom is 0.254 e. The van der Waals surface area contributed by atoms with Crippen LogP contribution in [0, 0.1) is 13.8 Å². The summed E-state index contributed by atoms with van der Waals surface area (Å²) in [5.41, 5.74) is 10.2. The van der Waals surface area contributed by atoms with Crippen LogP contribution in [-0.2, 0) is 13.0 Å². The van der Waals surface area contributed by atoms with Gasteiger partial charge < -0.3 is 15.1 Å². The Morgan fingerprint density at radius 2 is 1.93 bits per heavy atom. The number of nitrogens with zero attached hydrogens (tertiary/aromatic N) is 4. The van der Waals surface area contributed by atoms with Crippen LogP contribution in [0.1, 0.15) is 40.3 Å². The highest BCUT2D eigenvalue weighted by Gasteiger charge is 2.17. The van der Waals surface area contributed by atoms with Gasteiger partial charge in [0.2, 0.25) is 11.8 Å². The number of aryl methyl sites for hydroxylation is 3. The van der Waals surface area contributed by atoms with E-state index in [0.717, 1.165) is 22.4 Å².